The fourth-order valence-corrected chi connectivity index (χ4v) is 3.23. The standard InChI is InChI=1S/C26H23FN4O5/c1-26(34,16-27)12-10-17-8-9-22-23(29-17)31(2)25(33)21(15-35-22)30-24(32)20-14-19(11-13-28-20)36-18-6-4-3-5-7-18/h3-9,11,13-14,21,34H,15-16H2,1-2H3,(H,30,32)/t21-,26?/m0/s1. The molecule has 1 aliphatic rings. The Morgan fingerprint density at radius 2 is 2.06 bits per heavy atom. The number of carbonyl (C=O) groups is 2. The number of para-hydroxylation sites is 1. The molecule has 0 saturated carbocycles. The smallest absolute Gasteiger partial charge is 0.270 e. The number of hydrogen-bond donors (Lipinski definition) is 2. The molecule has 36 heavy (non-hydrogen) atoms. The molecule has 1 unspecified atom stereocenters. The molecule has 0 saturated heterocycles. The van der Waals surface area contributed by atoms with Gasteiger partial charge < -0.3 is 19.9 Å². The number of ether oxygens (including phenoxy) is 2. The number of alkyl halides is 1. The number of aromatic nitrogens is 2. The van der Waals surface area contributed by atoms with Gasteiger partial charge in [0.15, 0.2) is 17.2 Å². The Labute approximate surface area is 206 Å². The summed E-state index contributed by atoms with van der Waals surface area (Å²) in [5.41, 5.74) is -1.52. The van der Waals surface area contributed by atoms with Gasteiger partial charge in [0.05, 0.1) is 0 Å². The van der Waals surface area contributed by atoms with Gasteiger partial charge in [-0.3, -0.25) is 19.5 Å². The van der Waals surface area contributed by atoms with E-state index in [4.69, 9.17) is 9.47 Å². The predicted molar refractivity (Wildman–Crippen MR) is 129 cm³/mol. The van der Waals surface area contributed by atoms with E-state index in [1.54, 1.807) is 24.3 Å². The van der Waals surface area contributed by atoms with Crippen molar-refractivity contribution in [3.63, 3.8) is 0 Å². The van der Waals surface area contributed by atoms with Gasteiger partial charge in [-0.05, 0) is 43.2 Å². The van der Waals surface area contributed by atoms with Crippen LogP contribution >= 0.6 is 0 Å². The highest BCUT2D eigenvalue weighted by Crippen LogP contribution is 2.29. The zero-order valence-electron chi connectivity index (χ0n) is 19.6. The number of nitrogens with one attached hydrogen (secondary N) is 1. The van der Waals surface area contributed by atoms with Gasteiger partial charge in [-0.15, -0.1) is 0 Å². The van der Waals surface area contributed by atoms with Crippen LogP contribution in [0.4, 0.5) is 10.2 Å². The molecule has 0 radical (unpaired) electrons. The van der Waals surface area contributed by atoms with Crippen LogP contribution in [0.3, 0.4) is 0 Å². The number of hydrogen-bond acceptors (Lipinski definition) is 7. The van der Waals surface area contributed by atoms with Crippen LogP contribution in [-0.4, -0.2) is 58.9 Å². The van der Waals surface area contributed by atoms with E-state index < -0.39 is 30.1 Å². The largest absolute Gasteiger partial charge is 0.487 e. The molecule has 2 N–H and O–H groups in total. The zero-order valence-corrected chi connectivity index (χ0v) is 19.6. The molecule has 1 aromatic carbocycles. The van der Waals surface area contributed by atoms with Crippen LogP contribution in [0.25, 0.3) is 0 Å². The van der Waals surface area contributed by atoms with E-state index in [2.05, 4.69) is 27.1 Å². The third kappa shape index (κ3) is 5.76. The number of benzene rings is 1. The van der Waals surface area contributed by atoms with Crippen molar-refractivity contribution in [2.45, 2.75) is 18.6 Å². The van der Waals surface area contributed by atoms with E-state index in [0.29, 0.717) is 17.2 Å². The van der Waals surface area contributed by atoms with Crippen LogP contribution in [-0.2, 0) is 4.79 Å². The molecule has 184 valence electrons. The van der Waals surface area contributed by atoms with Crippen LogP contribution in [0.15, 0.2) is 60.8 Å². The molecular weight excluding hydrogens is 467 g/mol. The highest BCUT2D eigenvalue weighted by atomic mass is 19.1. The fraction of sp³-hybridized carbons (Fsp3) is 0.231. The SMILES string of the molecule is CN1C(=O)[C@@H](NC(=O)c2cc(Oc3ccccc3)ccn2)COc2ccc(C#CC(C)(O)CF)nc21. The summed E-state index contributed by atoms with van der Waals surface area (Å²) < 4.78 is 24.3. The number of rotatable bonds is 5. The molecule has 0 fully saturated rings. The summed E-state index contributed by atoms with van der Waals surface area (Å²) in [4.78, 5) is 35.6. The molecule has 10 heteroatoms. The van der Waals surface area contributed by atoms with Crippen molar-refractivity contribution in [2.75, 3.05) is 25.2 Å². The first kappa shape index (κ1) is 24.6. The van der Waals surface area contributed by atoms with Gasteiger partial charge >= 0.3 is 0 Å². The van der Waals surface area contributed by atoms with Crippen molar-refractivity contribution in [3.05, 3.63) is 72.2 Å². The van der Waals surface area contributed by atoms with Gasteiger partial charge in [0, 0.05) is 19.3 Å². The second kappa shape index (κ2) is 10.4. The number of fused-ring (bicyclic) bond motifs is 1. The molecular formula is C26H23FN4O5. The Kier molecular flexibility index (Phi) is 7.12. The summed E-state index contributed by atoms with van der Waals surface area (Å²) in [6.07, 6.45) is 1.44. The molecule has 2 aromatic heterocycles. The number of carbonyl (C=O) groups excluding carboxylic acids is 2. The van der Waals surface area contributed by atoms with Crippen molar-refractivity contribution < 1.29 is 28.6 Å². The molecule has 0 spiro atoms. The van der Waals surface area contributed by atoms with E-state index in [1.807, 2.05) is 18.2 Å². The van der Waals surface area contributed by atoms with Crippen LogP contribution < -0.4 is 19.7 Å². The third-order valence-electron chi connectivity index (χ3n) is 5.16. The first-order valence-corrected chi connectivity index (χ1v) is 11.0. The van der Waals surface area contributed by atoms with Gasteiger partial charge in [-0.2, -0.15) is 0 Å². The first-order valence-electron chi connectivity index (χ1n) is 11.0. The average molecular weight is 490 g/mol. The minimum Gasteiger partial charge on any atom is -0.487 e. The number of likely N-dealkylation sites (N-methyl/N-ethyl adjacent to an activating group) is 1. The lowest BCUT2D eigenvalue weighted by atomic mass is 10.1. The van der Waals surface area contributed by atoms with Gasteiger partial charge in [0.1, 0.15) is 42.2 Å². The maximum atomic E-state index is 13.1. The highest BCUT2D eigenvalue weighted by molar-refractivity contribution is 6.02. The van der Waals surface area contributed by atoms with Crippen LogP contribution in [0.5, 0.6) is 17.2 Å². The lowest BCUT2D eigenvalue weighted by Gasteiger charge is -2.19. The summed E-state index contributed by atoms with van der Waals surface area (Å²) in [5.74, 6) is 5.45. The van der Waals surface area contributed by atoms with Crippen LogP contribution in [0, 0.1) is 11.8 Å². The Morgan fingerprint density at radius 3 is 2.81 bits per heavy atom. The Bertz CT molecular complexity index is 1340. The number of anilines is 1. The summed E-state index contributed by atoms with van der Waals surface area (Å²) in [6, 6.07) is 14.3. The average Bonchev–Trinajstić information content (AvgIpc) is 3.00. The van der Waals surface area contributed by atoms with E-state index >= 15 is 0 Å². The monoisotopic (exact) mass is 490 g/mol. The second-order valence-corrected chi connectivity index (χ2v) is 8.20. The predicted octanol–water partition coefficient (Wildman–Crippen LogP) is 2.49. The Hall–Kier alpha value is -4.49. The molecule has 0 aliphatic carbocycles. The van der Waals surface area contributed by atoms with Gasteiger partial charge in [-0.25, -0.2) is 9.37 Å². The van der Waals surface area contributed by atoms with E-state index in [-0.39, 0.29) is 23.8 Å². The first-order chi connectivity index (χ1) is 17.3. The molecule has 2 atom stereocenters. The molecule has 3 heterocycles. The molecule has 9 nitrogen and oxygen atoms in total. The highest BCUT2D eigenvalue weighted by Gasteiger charge is 2.32. The minimum absolute atomic E-state index is 0.0660. The van der Waals surface area contributed by atoms with E-state index in [9.17, 15) is 19.1 Å². The minimum atomic E-state index is -1.81. The third-order valence-corrected chi connectivity index (χ3v) is 5.16. The lowest BCUT2D eigenvalue weighted by molar-refractivity contribution is -0.120. The van der Waals surface area contributed by atoms with Crippen LogP contribution in [0.1, 0.15) is 23.1 Å². The normalized spacial score (nSPS) is 16.4. The number of nitrogens with zero attached hydrogens (tertiary/aromatic N) is 3. The van der Waals surface area contributed by atoms with Crippen molar-refractivity contribution in [1.82, 2.24) is 15.3 Å². The number of pyridine rings is 2. The summed E-state index contributed by atoms with van der Waals surface area (Å²) in [5, 5.41) is 12.4. The fourth-order valence-electron chi connectivity index (χ4n) is 3.23. The van der Waals surface area contributed by atoms with Gasteiger partial charge in [0.25, 0.3) is 11.8 Å². The van der Waals surface area contributed by atoms with E-state index in [0.717, 1.165) is 0 Å². The lowest BCUT2D eigenvalue weighted by Crippen LogP contribution is -2.49. The molecule has 2 amide bonds. The topological polar surface area (TPSA) is 114 Å². The van der Waals surface area contributed by atoms with Crippen molar-refractivity contribution in [2.24, 2.45) is 0 Å². The maximum Gasteiger partial charge on any atom is 0.270 e. The summed E-state index contributed by atoms with van der Waals surface area (Å²) >= 11 is 0. The number of halogens is 1. The number of amides is 2. The quantitative estimate of drug-likeness (QED) is 0.528. The van der Waals surface area contributed by atoms with Crippen LogP contribution in [0.2, 0.25) is 0 Å². The number of aliphatic hydroxyl groups is 1. The van der Waals surface area contributed by atoms with E-state index in [1.165, 1.54) is 37.2 Å². The Morgan fingerprint density at radius 1 is 1.28 bits per heavy atom. The van der Waals surface area contributed by atoms with Gasteiger partial charge in [-0.1, -0.05) is 24.1 Å². The summed E-state index contributed by atoms with van der Waals surface area (Å²) in [6.45, 7) is 0.0726. The molecule has 4 rings (SSSR count). The Balaban J connectivity index is 1.48. The second-order valence-electron chi connectivity index (χ2n) is 8.20. The maximum absolute atomic E-state index is 13.1. The molecule has 0 bridgehead atoms. The molecule has 3 aromatic rings. The van der Waals surface area contributed by atoms with Crippen molar-refractivity contribution in [3.8, 4) is 29.1 Å². The van der Waals surface area contributed by atoms with Gasteiger partial charge in [0.2, 0.25) is 0 Å². The van der Waals surface area contributed by atoms with Crippen molar-refractivity contribution in [1.29, 1.82) is 0 Å². The molecule has 1 aliphatic heterocycles. The van der Waals surface area contributed by atoms with Crippen molar-refractivity contribution >= 4 is 17.6 Å². The zero-order chi connectivity index (χ0) is 25.7. The summed E-state index contributed by atoms with van der Waals surface area (Å²) in [7, 11) is 1.49.